The van der Waals surface area contributed by atoms with Gasteiger partial charge in [-0.3, -0.25) is 4.79 Å². The Bertz CT molecular complexity index is 621. The maximum absolute atomic E-state index is 12.3. The molecular formula is C10H13N3O5S. The third-order valence-electron chi connectivity index (χ3n) is 3.03. The number of hydrogen-bond acceptors (Lipinski definition) is 4. The van der Waals surface area contributed by atoms with Crippen molar-refractivity contribution in [2.75, 3.05) is 6.54 Å². The molecule has 2 rings (SSSR count). The molecule has 8 nitrogen and oxygen atoms in total. The molecule has 0 aromatic carbocycles. The lowest BCUT2D eigenvalue weighted by Gasteiger charge is -2.20. The molecule has 0 saturated carbocycles. The fourth-order valence-electron chi connectivity index (χ4n) is 2.09. The summed E-state index contributed by atoms with van der Waals surface area (Å²) in [6.45, 7) is 0.198. The van der Waals surface area contributed by atoms with Crippen molar-refractivity contribution in [1.29, 1.82) is 0 Å². The minimum atomic E-state index is -3.91. The summed E-state index contributed by atoms with van der Waals surface area (Å²) in [5, 5.41) is 8.76. The first-order valence-corrected chi connectivity index (χ1v) is 7.01. The Morgan fingerprint density at radius 1 is 1.47 bits per heavy atom. The van der Waals surface area contributed by atoms with Gasteiger partial charge in [0.25, 0.3) is 0 Å². The molecule has 0 radical (unpaired) electrons. The number of aromatic amines is 1. The highest BCUT2D eigenvalue weighted by Crippen LogP contribution is 2.26. The normalized spacial score (nSPS) is 20.5. The minimum Gasteiger partial charge on any atom is -0.477 e. The number of amides is 1. The first-order valence-electron chi connectivity index (χ1n) is 5.57. The molecule has 1 unspecified atom stereocenters. The zero-order valence-corrected chi connectivity index (χ0v) is 10.7. The lowest BCUT2D eigenvalue weighted by Crippen LogP contribution is -2.43. The van der Waals surface area contributed by atoms with Crippen molar-refractivity contribution < 1.29 is 23.1 Å². The first-order chi connectivity index (χ1) is 8.84. The monoisotopic (exact) mass is 287 g/mol. The summed E-state index contributed by atoms with van der Waals surface area (Å²) >= 11 is 0. The van der Waals surface area contributed by atoms with Gasteiger partial charge in [-0.1, -0.05) is 0 Å². The third-order valence-corrected chi connectivity index (χ3v) is 4.91. The standard InChI is InChI=1S/C10H13N3O5S/c11-9(14)8-2-1-3-13(8)19(17,18)6-4-7(10(15)16)12-5-6/h4-5,8,12H,1-3H2,(H2,11,14)(H,15,16). The van der Waals surface area contributed by atoms with Crippen LogP contribution in [0.5, 0.6) is 0 Å². The first kappa shape index (κ1) is 13.6. The Balaban J connectivity index is 2.36. The lowest BCUT2D eigenvalue weighted by atomic mass is 10.2. The topological polar surface area (TPSA) is 134 Å². The molecule has 4 N–H and O–H groups in total. The van der Waals surface area contributed by atoms with Crippen LogP contribution in [0.1, 0.15) is 23.3 Å². The molecule has 0 spiro atoms. The van der Waals surface area contributed by atoms with Gasteiger partial charge < -0.3 is 15.8 Å². The highest BCUT2D eigenvalue weighted by atomic mass is 32.2. The van der Waals surface area contributed by atoms with Gasteiger partial charge in [-0.25, -0.2) is 13.2 Å². The summed E-state index contributed by atoms with van der Waals surface area (Å²) in [4.78, 5) is 24.1. The van der Waals surface area contributed by atoms with Gasteiger partial charge in [0.05, 0.1) is 0 Å². The van der Waals surface area contributed by atoms with Crippen LogP contribution in [0.4, 0.5) is 0 Å². The maximum atomic E-state index is 12.3. The quantitative estimate of drug-likeness (QED) is 0.676. The Hall–Kier alpha value is -1.87. The van der Waals surface area contributed by atoms with E-state index in [0.29, 0.717) is 12.8 Å². The number of carboxylic acids is 1. The van der Waals surface area contributed by atoms with Gasteiger partial charge in [0.15, 0.2) is 0 Å². The molecule has 1 atom stereocenters. The van der Waals surface area contributed by atoms with E-state index in [4.69, 9.17) is 10.8 Å². The van der Waals surface area contributed by atoms with Gasteiger partial charge in [-0.15, -0.1) is 0 Å². The number of H-pyrrole nitrogens is 1. The number of sulfonamides is 1. The van der Waals surface area contributed by atoms with Crippen LogP contribution in [-0.2, 0) is 14.8 Å². The smallest absolute Gasteiger partial charge is 0.352 e. The number of carbonyl (C=O) groups excluding carboxylic acids is 1. The number of carbonyl (C=O) groups is 2. The summed E-state index contributed by atoms with van der Waals surface area (Å²) in [5.74, 6) is -1.95. The molecule has 9 heteroatoms. The van der Waals surface area contributed by atoms with Crippen LogP contribution in [0.25, 0.3) is 0 Å². The predicted molar refractivity (Wildman–Crippen MR) is 63.9 cm³/mol. The van der Waals surface area contributed by atoms with Crippen molar-refractivity contribution >= 4 is 21.9 Å². The van der Waals surface area contributed by atoms with E-state index >= 15 is 0 Å². The van der Waals surface area contributed by atoms with Gasteiger partial charge >= 0.3 is 5.97 Å². The molecule has 1 fully saturated rings. The van der Waals surface area contributed by atoms with E-state index in [-0.39, 0.29) is 17.1 Å². The van der Waals surface area contributed by atoms with Crippen molar-refractivity contribution in [3.05, 3.63) is 18.0 Å². The number of carboxylic acid groups (broad SMARTS) is 1. The average Bonchev–Trinajstić information content (AvgIpc) is 2.98. The Morgan fingerprint density at radius 2 is 2.16 bits per heavy atom. The molecule has 1 amide bonds. The zero-order valence-electron chi connectivity index (χ0n) is 9.87. The van der Waals surface area contributed by atoms with Gasteiger partial charge in [-0.05, 0) is 18.9 Å². The molecule has 0 bridgehead atoms. The average molecular weight is 287 g/mol. The van der Waals surface area contributed by atoms with Crippen molar-refractivity contribution in [3.63, 3.8) is 0 Å². The molecular weight excluding hydrogens is 274 g/mol. The zero-order chi connectivity index (χ0) is 14.2. The Labute approximate surface area is 109 Å². The summed E-state index contributed by atoms with van der Waals surface area (Å²) in [6, 6.07) is 0.154. The number of primary amides is 1. The van der Waals surface area contributed by atoms with Gasteiger partial charge in [0.2, 0.25) is 15.9 Å². The largest absolute Gasteiger partial charge is 0.477 e. The van der Waals surface area contributed by atoms with Gasteiger partial charge in [0.1, 0.15) is 16.6 Å². The number of rotatable bonds is 4. The van der Waals surface area contributed by atoms with Crippen LogP contribution < -0.4 is 5.73 Å². The molecule has 19 heavy (non-hydrogen) atoms. The second kappa shape index (κ2) is 4.67. The number of aromatic carboxylic acids is 1. The van der Waals surface area contributed by atoms with Crippen LogP contribution in [0, 0.1) is 0 Å². The SMILES string of the molecule is NC(=O)C1CCCN1S(=O)(=O)c1c[nH]c(C(=O)O)c1. The van der Waals surface area contributed by atoms with Gasteiger partial charge in [0, 0.05) is 12.7 Å². The summed E-state index contributed by atoms with van der Waals surface area (Å²) in [7, 11) is -3.91. The molecule has 1 saturated heterocycles. The van der Waals surface area contributed by atoms with Crippen LogP contribution in [-0.4, -0.2) is 47.3 Å². The van der Waals surface area contributed by atoms with Gasteiger partial charge in [-0.2, -0.15) is 4.31 Å². The summed E-state index contributed by atoms with van der Waals surface area (Å²) in [6.07, 6.45) is 2.02. The molecule has 2 heterocycles. The van der Waals surface area contributed by atoms with Crippen molar-refractivity contribution in [3.8, 4) is 0 Å². The number of nitrogens with zero attached hydrogens (tertiary/aromatic N) is 1. The third kappa shape index (κ3) is 2.34. The minimum absolute atomic E-state index is 0.182. The summed E-state index contributed by atoms with van der Waals surface area (Å²) < 4.78 is 25.6. The molecule has 1 aliphatic rings. The highest BCUT2D eigenvalue weighted by molar-refractivity contribution is 7.89. The van der Waals surface area contributed by atoms with Crippen molar-refractivity contribution in [2.45, 2.75) is 23.8 Å². The van der Waals surface area contributed by atoms with E-state index in [1.165, 1.54) is 0 Å². The second-order valence-corrected chi connectivity index (χ2v) is 6.12. The van der Waals surface area contributed by atoms with E-state index in [9.17, 15) is 18.0 Å². The maximum Gasteiger partial charge on any atom is 0.352 e. The van der Waals surface area contributed by atoms with Crippen molar-refractivity contribution in [1.82, 2.24) is 9.29 Å². The van der Waals surface area contributed by atoms with Crippen molar-refractivity contribution in [2.24, 2.45) is 5.73 Å². The van der Waals surface area contributed by atoms with E-state index < -0.39 is 27.9 Å². The fourth-order valence-corrected chi connectivity index (χ4v) is 3.75. The van der Waals surface area contributed by atoms with Crippen LogP contribution in [0.15, 0.2) is 17.2 Å². The molecule has 0 aliphatic carbocycles. The summed E-state index contributed by atoms with van der Waals surface area (Å²) in [5.41, 5.74) is 4.94. The number of nitrogens with two attached hydrogens (primary N) is 1. The molecule has 1 aromatic heterocycles. The van der Waals surface area contributed by atoms with Crippen LogP contribution in [0.3, 0.4) is 0 Å². The van der Waals surface area contributed by atoms with E-state index in [2.05, 4.69) is 4.98 Å². The molecule has 1 aromatic rings. The Morgan fingerprint density at radius 3 is 2.68 bits per heavy atom. The predicted octanol–water partition coefficient (Wildman–Crippen LogP) is -0.649. The molecule has 104 valence electrons. The second-order valence-electron chi connectivity index (χ2n) is 4.23. The molecule has 1 aliphatic heterocycles. The number of nitrogens with one attached hydrogen (secondary N) is 1. The fraction of sp³-hybridized carbons (Fsp3) is 0.400. The van der Waals surface area contributed by atoms with Crippen LogP contribution >= 0.6 is 0 Å². The lowest BCUT2D eigenvalue weighted by molar-refractivity contribution is -0.121. The Kier molecular flexibility index (Phi) is 3.33. The number of aromatic nitrogens is 1. The van der Waals surface area contributed by atoms with E-state index in [0.717, 1.165) is 16.6 Å². The highest BCUT2D eigenvalue weighted by Gasteiger charge is 2.38. The van der Waals surface area contributed by atoms with E-state index in [1.807, 2.05) is 0 Å². The van der Waals surface area contributed by atoms with Crippen LogP contribution in [0.2, 0.25) is 0 Å². The number of hydrogen-bond donors (Lipinski definition) is 3. The van der Waals surface area contributed by atoms with E-state index in [1.54, 1.807) is 0 Å².